The number of ketones is 1. The van der Waals surface area contributed by atoms with E-state index in [0.717, 1.165) is 33.3 Å². The van der Waals surface area contributed by atoms with Crippen molar-refractivity contribution in [3.63, 3.8) is 0 Å². The van der Waals surface area contributed by atoms with Gasteiger partial charge in [0.05, 0.1) is 0 Å². The minimum Gasteiger partial charge on any atom is -0.371 e. The van der Waals surface area contributed by atoms with Crippen molar-refractivity contribution < 1.29 is 4.79 Å². The molecule has 4 aromatic rings. The van der Waals surface area contributed by atoms with Gasteiger partial charge in [-0.1, -0.05) is 53.6 Å². The number of Topliss-reactive ketones (excluding diaryl/α,β-unsaturated/α-hetero) is 1. The van der Waals surface area contributed by atoms with Gasteiger partial charge in [0, 0.05) is 38.9 Å². The molecule has 0 amide bonds. The quantitative estimate of drug-likeness (QED) is 0.384. The Labute approximate surface area is 169 Å². The molecule has 0 aliphatic carbocycles. The lowest BCUT2D eigenvalue weighted by molar-refractivity contribution is 0.0970. The maximum atomic E-state index is 13.5. The van der Waals surface area contributed by atoms with Crippen molar-refractivity contribution in [3.05, 3.63) is 100 Å². The second-order valence-corrected chi connectivity index (χ2v) is 7.55. The molecule has 0 radical (unpaired) electrons. The molecule has 0 fully saturated rings. The highest BCUT2D eigenvalue weighted by atomic mass is 35.5. The van der Waals surface area contributed by atoms with Crippen molar-refractivity contribution in [3.8, 4) is 0 Å². The number of fused-ring (bicyclic) bond motifs is 1. The number of halogens is 1. The average Bonchev–Trinajstić information content (AvgIpc) is 3.09. The van der Waals surface area contributed by atoms with Crippen molar-refractivity contribution in [2.75, 3.05) is 5.32 Å². The van der Waals surface area contributed by atoms with Crippen molar-refractivity contribution in [1.82, 2.24) is 4.98 Å². The van der Waals surface area contributed by atoms with Crippen LogP contribution in [0.5, 0.6) is 0 Å². The van der Waals surface area contributed by atoms with Gasteiger partial charge < -0.3 is 10.3 Å². The van der Waals surface area contributed by atoms with E-state index in [0.29, 0.717) is 10.6 Å². The van der Waals surface area contributed by atoms with Crippen LogP contribution in [0.15, 0.2) is 72.9 Å². The number of hydrogen-bond acceptors (Lipinski definition) is 2. The molecule has 28 heavy (non-hydrogen) atoms. The van der Waals surface area contributed by atoms with Crippen LogP contribution < -0.4 is 5.32 Å². The fourth-order valence-electron chi connectivity index (χ4n) is 3.42. The fraction of sp³-hybridized carbons (Fsp3) is 0.125. The zero-order chi connectivity index (χ0) is 19.7. The van der Waals surface area contributed by atoms with Crippen molar-refractivity contribution in [1.29, 1.82) is 0 Å². The fourth-order valence-corrected chi connectivity index (χ4v) is 3.60. The summed E-state index contributed by atoms with van der Waals surface area (Å²) in [6, 6.07) is 20.9. The zero-order valence-corrected chi connectivity index (χ0v) is 16.5. The van der Waals surface area contributed by atoms with Gasteiger partial charge in [0.25, 0.3) is 0 Å². The molecule has 0 saturated heterocycles. The lowest BCUT2D eigenvalue weighted by Crippen LogP contribution is -2.21. The molecule has 1 heterocycles. The number of aromatic nitrogens is 1. The zero-order valence-electron chi connectivity index (χ0n) is 15.8. The van der Waals surface area contributed by atoms with E-state index in [1.165, 1.54) is 0 Å². The molecule has 1 unspecified atom stereocenters. The van der Waals surface area contributed by atoms with Gasteiger partial charge in [-0.2, -0.15) is 0 Å². The Kier molecular flexibility index (Phi) is 4.93. The Morgan fingerprint density at radius 2 is 1.75 bits per heavy atom. The first-order chi connectivity index (χ1) is 13.5. The van der Waals surface area contributed by atoms with E-state index in [1.807, 2.05) is 86.8 Å². The molecule has 2 N–H and O–H groups in total. The summed E-state index contributed by atoms with van der Waals surface area (Å²) in [5, 5.41) is 5.02. The molecule has 1 atom stereocenters. The third kappa shape index (κ3) is 3.67. The first kappa shape index (κ1) is 18.3. The highest BCUT2D eigenvalue weighted by molar-refractivity contribution is 6.31. The summed E-state index contributed by atoms with van der Waals surface area (Å²) in [6.45, 7) is 4.05. The van der Waals surface area contributed by atoms with Crippen LogP contribution in [-0.2, 0) is 0 Å². The number of carbonyl (C=O) groups is 1. The van der Waals surface area contributed by atoms with Crippen LogP contribution in [0.2, 0.25) is 5.02 Å². The first-order valence-corrected chi connectivity index (χ1v) is 9.60. The monoisotopic (exact) mass is 388 g/mol. The summed E-state index contributed by atoms with van der Waals surface area (Å²) in [4.78, 5) is 16.7. The van der Waals surface area contributed by atoms with Crippen LogP contribution >= 0.6 is 11.6 Å². The largest absolute Gasteiger partial charge is 0.371 e. The topological polar surface area (TPSA) is 44.9 Å². The van der Waals surface area contributed by atoms with Crippen LogP contribution in [0, 0.1) is 13.8 Å². The second-order valence-electron chi connectivity index (χ2n) is 7.11. The molecule has 0 spiro atoms. The predicted molar refractivity (Wildman–Crippen MR) is 116 cm³/mol. The number of aromatic amines is 1. The lowest BCUT2D eigenvalue weighted by Gasteiger charge is -2.19. The summed E-state index contributed by atoms with van der Waals surface area (Å²) >= 11 is 6.23. The summed E-state index contributed by atoms with van der Waals surface area (Å²) in [5.41, 5.74) is 5.66. The van der Waals surface area contributed by atoms with E-state index in [2.05, 4.69) is 10.3 Å². The second kappa shape index (κ2) is 7.53. The van der Waals surface area contributed by atoms with Gasteiger partial charge in [-0.05, 0) is 49.7 Å². The summed E-state index contributed by atoms with van der Waals surface area (Å²) < 4.78 is 0. The number of H-pyrrole nitrogens is 1. The molecule has 3 nitrogen and oxygen atoms in total. The van der Waals surface area contributed by atoms with Gasteiger partial charge >= 0.3 is 0 Å². The standard InChI is InChI=1S/C24H21ClN2O/c1-15-6-8-17(9-7-15)24(28)23(27-19-5-3-4-16(2)12-19)21-14-26-22-11-10-18(25)13-20(21)22/h3-14,23,26-27H,1-2H3. The van der Waals surface area contributed by atoms with E-state index in [9.17, 15) is 4.79 Å². The van der Waals surface area contributed by atoms with E-state index >= 15 is 0 Å². The highest BCUT2D eigenvalue weighted by Crippen LogP contribution is 2.31. The van der Waals surface area contributed by atoms with Crippen molar-refractivity contribution in [2.24, 2.45) is 0 Å². The molecule has 4 rings (SSSR count). The number of anilines is 1. The maximum absolute atomic E-state index is 13.5. The molecule has 4 heteroatoms. The third-order valence-electron chi connectivity index (χ3n) is 4.91. The van der Waals surface area contributed by atoms with Gasteiger partial charge in [-0.15, -0.1) is 0 Å². The van der Waals surface area contributed by atoms with Crippen LogP contribution in [0.25, 0.3) is 10.9 Å². The van der Waals surface area contributed by atoms with E-state index in [4.69, 9.17) is 11.6 Å². The molecule has 140 valence electrons. The Morgan fingerprint density at radius 3 is 2.50 bits per heavy atom. The number of benzene rings is 3. The molecular formula is C24H21ClN2O. The molecule has 1 aromatic heterocycles. The SMILES string of the molecule is Cc1ccc(C(=O)C(Nc2cccc(C)c2)c2c[nH]c3ccc(Cl)cc23)cc1. The minimum atomic E-state index is -0.531. The predicted octanol–water partition coefficient (Wildman–Crippen LogP) is 6.47. The summed E-state index contributed by atoms with van der Waals surface area (Å²) in [7, 11) is 0. The molecule has 0 saturated carbocycles. The number of carbonyl (C=O) groups excluding carboxylic acids is 1. The Hall–Kier alpha value is -3.04. The maximum Gasteiger partial charge on any atom is 0.189 e. The number of aryl methyl sites for hydroxylation is 2. The molecule has 3 aromatic carbocycles. The van der Waals surface area contributed by atoms with Gasteiger partial charge in [0.1, 0.15) is 6.04 Å². The van der Waals surface area contributed by atoms with Crippen molar-refractivity contribution in [2.45, 2.75) is 19.9 Å². The van der Waals surface area contributed by atoms with Gasteiger partial charge in [0.15, 0.2) is 5.78 Å². The number of nitrogens with one attached hydrogen (secondary N) is 2. The highest BCUT2D eigenvalue weighted by Gasteiger charge is 2.25. The van der Waals surface area contributed by atoms with Gasteiger partial charge in [0.2, 0.25) is 0 Å². The third-order valence-corrected chi connectivity index (χ3v) is 5.15. The Morgan fingerprint density at radius 1 is 0.964 bits per heavy atom. The first-order valence-electron chi connectivity index (χ1n) is 9.22. The van der Waals surface area contributed by atoms with E-state index in [1.54, 1.807) is 0 Å². The molecular weight excluding hydrogens is 368 g/mol. The molecule has 0 aliphatic rings. The Balaban J connectivity index is 1.81. The Bertz CT molecular complexity index is 1140. The van der Waals surface area contributed by atoms with Crippen LogP contribution in [0.1, 0.15) is 33.1 Å². The number of hydrogen-bond donors (Lipinski definition) is 2. The van der Waals surface area contributed by atoms with Crippen LogP contribution in [-0.4, -0.2) is 10.8 Å². The summed E-state index contributed by atoms with van der Waals surface area (Å²) in [6.07, 6.45) is 1.89. The average molecular weight is 389 g/mol. The smallest absolute Gasteiger partial charge is 0.189 e. The minimum absolute atomic E-state index is 0.0161. The van der Waals surface area contributed by atoms with E-state index in [-0.39, 0.29) is 5.78 Å². The molecule has 0 bridgehead atoms. The van der Waals surface area contributed by atoms with Gasteiger partial charge in [-0.3, -0.25) is 4.79 Å². The van der Waals surface area contributed by atoms with E-state index < -0.39 is 6.04 Å². The number of rotatable bonds is 5. The normalized spacial score (nSPS) is 12.1. The van der Waals surface area contributed by atoms with Gasteiger partial charge in [-0.25, -0.2) is 0 Å². The van der Waals surface area contributed by atoms with Crippen molar-refractivity contribution >= 4 is 34.0 Å². The molecule has 0 aliphatic heterocycles. The lowest BCUT2D eigenvalue weighted by atomic mass is 9.96. The van der Waals surface area contributed by atoms with Crippen LogP contribution in [0.4, 0.5) is 5.69 Å². The van der Waals surface area contributed by atoms with Crippen LogP contribution in [0.3, 0.4) is 0 Å². The summed E-state index contributed by atoms with van der Waals surface area (Å²) in [5.74, 6) is 0.0161.